The van der Waals surface area contributed by atoms with Crippen molar-refractivity contribution < 1.29 is 14.5 Å². The van der Waals surface area contributed by atoms with Gasteiger partial charge < -0.3 is 4.74 Å². The summed E-state index contributed by atoms with van der Waals surface area (Å²) in [7, 11) is 0. The number of para-hydroxylation sites is 1. The highest BCUT2D eigenvalue weighted by molar-refractivity contribution is 5.75. The summed E-state index contributed by atoms with van der Waals surface area (Å²) in [6.45, 7) is 3.68. The van der Waals surface area contributed by atoms with E-state index in [-0.39, 0.29) is 23.4 Å². The Hall–Kier alpha value is -2.17. The molecule has 0 radical (unpaired) electrons. The van der Waals surface area contributed by atoms with Crippen LogP contribution < -0.4 is 4.74 Å². The van der Waals surface area contributed by atoms with E-state index in [1.54, 1.807) is 6.92 Å². The zero-order valence-electron chi connectivity index (χ0n) is 12.0. The van der Waals surface area contributed by atoms with Crippen molar-refractivity contribution in [2.45, 2.75) is 25.3 Å². The van der Waals surface area contributed by atoms with Gasteiger partial charge in [0.05, 0.1) is 11.8 Å². The molecular weight excluding hydrogens is 270 g/mol. The number of nitrogens with zero attached hydrogens (tertiary/aromatic N) is 1. The number of rotatable bonds is 2. The molecule has 1 aromatic carbocycles. The first kappa shape index (κ1) is 13.8. The number of benzene rings is 1. The summed E-state index contributed by atoms with van der Waals surface area (Å²) in [6.07, 6.45) is 2.61. The number of hydrogen-bond donors (Lipinski definition) is 0. The van der Waals surface area contributed by atoms with E-state index in [0.717, 1.165) is 11.8 Å². The summed E-state index contributed by atoms with van der Waals surface area (Å²) in [6, 6.07) is 7.46. The molecule has 21 heavy (non-hydrogen) atoms. The Balaban J connectivity index is 2.24. The molecule has 0 amide bonds. The van der Waals surface area contributed by atoms with Crippen molar-refractivity contribution in [3.63, 3.8) is 0 Å². The van der Waals surface area contributed by atoms with Crippen LogP contribution in [0.5, 0.6) is 5.75 Å². The van der Waals surface area contributed by atoms with Crippen molar-refractivity contribution in [2.24, 2.45) is 11.8 Å². The number of allylic oxidation sites excluding steroid dienone is 1. The van der Waals surface area contributed by atoms with Gasteiger partial charge in [-0.25, -0.2) is 0 Å². The summed E-state index contributed by atoms with van der Waals surface area (Å²) < 4.78 is 5.68. The van der Waals surface area contributed by atoms with Gasteiger partial charge in [-0.1, -0.05) is 38.1 Å². The topological polar surface area (TPSA) is 69.4 Å². The number of carbonyl (C=O) groups is 1. The summed E-state index contributed by atoms with van der Waals surface area (Å²) >= 11 is 0. The second-order valence-electron chi connectivity index (χ2n) is 5.92. The molecule has 1 aromatic rings. The number of nitro groups is 1. The molecule has 3 rings (SSSR count). The lowest BCUT2D eigenvalue weighted by atomic mass is 9.60. The molecule has 1 aliphatic carbocycles. The Kier molecular flexibility index (Phi) is 3.08. The predicted molar refractivity (Wildman–Crippen MR) is 76.9 cm³/mol. The summed E-state index contributed by atoms with van der Waals surface area (Å²) in [5.74, 6) is -0.130. The first-order valence-corrected chi connectivity index (χ1v) is 7.05. The second kappa shape index (κ2) is 4.69. The Bertz CT molecular complexity index is 639. The molecule has 4 atom stereocenters. The van der Waals surface area contributed by atoms with Gasteiger partial charge in [-0.3, -0.25) is 14.9 Å². The molecule has 5 heteroatoms. The number of hydrogen-bond acceptors (Lipinski definition) is 4. The van der Waals surface area contributed by atoms with Gasteiger partial charge in [-0.2, -0.15) is 0 Å². The van der Waals surface area contributed by atoms with Gasteiger partial charge >= 0.3 is 0 Å². The molecule has 1 aliphatic heterocycles. The minimum Gasteiger partial charge on any atom is -0.486 e. The van der Waals surface area contributed by atoms with Crippen molar-refractivity contribution >= 4 is 6.29 Å². The van der Waals surface area contributed by atoms with Gasteiger partial charge in [-0.05, 0) is 17.6 Å². The van der Waals surface area contributed by atoms with Crippen LogP contribution in [0.15, 0.2) is 35.9 Å². The van der Waals surface area contributed by atoms with E-state index in [0.29, 0.717) is 11.3 Å². The smallest absolute Gasteiger partial charge is 0.269 e. The SMILES string of the molecule is C[C@@H]1C=C(C=O)[C@H](C)[C@@]2([N+](=O)[O-])COc3ccccc3[C@@H]12. The van der Waals surface area contributed by atoms with Crippen molar-refractivity contribution in [3.05, 3.63) is 51.6 Å². The summed E-state index contributed by atoms with van der Waals surface area (Å²) in [5.41, 5.74) is 0.0816. The maximum absolute atomic E-state index is 11.9. The highest BCUT2D eigenvalue weighted by atomic mass is 16.6. The minimum absolute atomic E-state index is 0.00162. The van der Waals surface area contributed by atoms with Crippen molar-refractivity contribution in [1.82, 2.24) is 0 Å². The van der Waals surface area contributed by atoms with Gasteiger partial charge in [0.1, 0.15) is 12.0 Å². The van der Waals surface area contributed by atoms with Crippen molar-refractivity contribution in [1.29, 1.82) is 0 Å². The Morgan fingerprint density at radius 2 is 2.10 bits per heavy atom. The molecule has 0 saturated carbocycles. The van der Waals surface area contributed by atoms with E-state index < -0.39 is 11.5 Å². The maximum Gasteiger partial charge on any atom is 0.269 e. The fourth-order valence-electron chi connectivity index (χ4n) is 3.85. The van der Waals surface area contributed by atoms with Crippen molar-refractivity contribution in [2.75, 3.05) is 6.61 Å². The third-order valence-corrected chi connectivity index (χ3v) is 4.96. The van der Waals surface area contributed by atoms with Gasteiger partial charge in [0, 0.05) is 10.5 Å². The molecule has 0 bridgehead atoms. The normalized spacial score (nSPS) is 34.0. The first-order chi connectivity index (χ1) is 10.0. The van der Waals surface area contributed by atoms with Crippen LogP contribution in [0.1, 0.15) is 25.3 Å². The van der Waals surface area contributed by atoms with Crippen LogP contribution in [-0.4, -0.2) is 23.4 Å². The highest BCUT2D eigenvalue weighted by Gasteiger charge is 2.62. The first-order valence-electron chi connectivity index (χ1n) is 7.05. The third kappa shape index (κ3) is 1.73. The average Bonchev–Trinajstić information content (AvgIpc) is 2.49. The van der Waals surface area contributed by atoms with Crippen LogP contribution in [0.4, 0.5) is 0 Å². The molecule has 0 aromatic heterocycles. The second-order valence-corrected chi connectivity index (χ2v) is 5.92. The molecule has 5 nitrogen and oxygen atoms in total. The van der Waals surface area contributed by atoms with Gasteiger partial charge in [0.15, 0.2) is 6.61 Å². The monoisotopic (exact) mass is 287 g/mol. The Morgan fingerprint density at radius 1 is 1.38 bits per heavy atom. The quantitative estimate of drug-likeness (QED) is 0.476. The molecule has 0 unspecified atom stereocenters. The van der Waals surface area contributed by atoms with Crippen LogP contribution in [0.3, 0.4) is 0 Å². The number of fused-ring (bicyclic) bond motifs is 3. The lowest BCUT2D eigenvalue weighted by Crippen LogP contribution is -2.59. The molecule has 0 saturated heterocycles. The molecular formula is C16H17NO4. The third-order valence-electron chi connectivity index (χ3n) is 4.96. The molecule has 1 heterocycles. The van der Waals surface area contributed by atoms with Gasteiger partial charge in [0.2, 0.25) is 0 Å². The highest BCUT2D eigenvalue weighted by Crippen LogP contribution is 2.53. The maximum atomic E-state index is 11.9. The van der Waals surface area contributed by atoms with Gasteiger partial charge in [0.25, 0.3) is 5.54 Å². The van der Waals surface area contributed by atoms with E-state index in [4.69, 9.17) is 4.74 Å². The standard InChI is InChI=1S/C16H17NO4/c1-10-7-12(8-18)11(2)16(17(19)20)9-21-14-6-4-3-5-13(14)15(10)16/h3-8,10-11,15H,9H2,1-2H3/t10-,11+,15-,16+/m1/s1. The van der Waals surface area contributed by atoms with Crippen LogP contribution in [0, 0.1) is 22.0 Å². The predicted octanol–water partition coefficient (Wildman–Crippen LogP) is 2.59. The number of ether oxygens (including phenoxy) is 1. The summed E-state index contributed by atoms with van der Waals surface area (Å²) in [5, 5.41) is 11.9. The fraction of sp³-hybridized carbons (Fsp3) is 0.438. The lowest BCUT2D eigenvalue weighted by Gasteiger charge is -2.46. The Morgan fingerprint density at radius 3 is 2.76 bits per heavy atom. The number of aldehydes is 1. The van der Waals surface area contributed by atoms with Crippen LogP contribution >= 0.6 is 0 Å². The molecule has 2 aliphatic rings. The molecule has 0 fully saturated rings. The van der Waals surface area contributed by atoms with E-state index in [2.05, 4.69) is 0 Å². The molecule has 0 N–H and O–H groups in total. The lowest BCUT2D eigenvalue weighted by molar-refractivity contribution is -0.589. The zero-order valence-corrected chi connectivity index (χ0v) is 12.0. The van der Waals surface area contributed by atoms with Crippen LogP contribution in [-0.2, 0) is 4.79 Å². The van der Waals surface area contributed by atoms with E-state index in [1.807, 2.05) is 37.3 Å². The van der Waals surface area contributed by atoms with Crippen molar-refractivity contribution in [3.8, 4) is 5.75 Å². The fourth-order valence-corrected chi connectivity index (χ4v) is 3.85. The molecule has 0 spiro atoms. The largest absolute Gasteiger partial charge is 0.486 e. The van der Waals surface area contributed by atoms with Crippen LogP contribution in [0.25, 0.3) is 0 Å². The van der Waals surface area contributed by atoms with E-state index >= 15 is 0 Å². The Labute approximate surface area is 122 Å². The van der Waals surface area contributed by atoms with Gasteiger partial charge in [-0.15, -0.1) is 0 Å². The number of carbonyl (C=O) groups excluding carboxylic acids is 1. The minimum atomic E-state index is -1.28. The van der Waals surface area contributed by atoms with Crippen LogP contribution in [0.2, 0.25) is 0 Å². The van der Waals surface area contributed by atoms with E-state index in [9.17, 15) is 14.9 Å². The average molecular weight is 287 g/mol. The van der Waals surface area contributed by atoms with E-state index in [1.165, 1.54) is 0 Å². The summed E-state index contributed by atoms with van der Waals surface area (Å²) in [4.78, 5) is 22.9. The molecule has 110 valence electrons. The zero-order chi connectivity index (χ0) is 15.2.